The van der Waals surface area contributed by atoms with Gasteiger partial charge in [0.1, 0.15) is 12.4 Å². The number of carboxylic acids is 1. The van der Waals surface area contributed by atoms with Gasteiger partial charge in [-0.15, -0.1) is 13.2 Å². The first kappa shape index (κ1) is 14.3. The van der Waals surface area contributed by atoms with E-state index in [1.165, 1.54) is 12.1 Å². The van der Waals surface area contributed by atoms with Crippen molar-refractivity contribution in [3.63, 3.8) is 0 Å². The molecule has 0 atom stereocenters. The first-order chi connectivity index (χ1) is 8.37. The van der Waals surface area contributed by atoms with Crippen LogP contribution in [-0.2, 0) is 16.0 Å². The Morgan fingerprint density at radius 1 is 1.28 bits per heavy atom. The molecule has 0 aliphatic carbocycles. The number of hydrogen-bond donors (Lipinski definition) is 1. The topological polar surface area (TPSA) is 55.8 Å². The number of ether oxygens (including phenoxy) is 2. The molecule has 4 nitrogen and oxygen atoms in total. The van der Waals surface area contributed by atoms with Gasteiger partial charge in [-0.2, -0.15) is 0 Å². The third-order valence-corrected chi connectivity index (χ3v) is 1.87. The zero-order valence-electron chi connectivity index (χ0n) is 9.24. The predicted molar refractivity (Wildman–Crippen MR) is 55.3 cm³/mol. The van der Waals surface area contributed by atoms with Crippen LogP contribution < -0.4 is 4.74 Å². The number of rotatable bonds is 6. The Morgan fingerprint density at radius 2 is 2.00 bits per heavy atom. The summed E-state index contributed by atoms with van der Waals surface area (Å²) in [6.45, 7) is -0.886. The lowest BCUT2D eigenvalue weighted by atomic mass is 10.1. The Balaban J connectivity index is 2.40. The van der Waals surface area contributed by atoms with E-state index >= 15 is 0 Å². The molecule has 0 amide bonds. The number of carbonyl (C=O) groups is 1. The summed E-state index contributed by atoms with van der Waals surface area (Å²) in [4.78, 5) is 10.5. The van der Waals surface area contributed by atoms with Crippen molar-refractivity contribution in [2.75, 3.05) is 13.2 Å². The van der Waals surface area contributed by atoms with Crippen molar-refractivity contribution in [1.29, 1.82) is 0 Å². The van der Waals surface area contributed by atoms with Gasteiger partial charge in [0.2, 0.25) is 0 Å². The SMILES string of the molecule is O=C(O)Cc1cccc(OCCOC(F)(F)F)c1. The molecule has 1 aromatic rings. The first-order valence-corrected chi connectivity index (χ1v) is 5.01. The van der Waals surface area contributed by atoms with Crippen LogP contribution in [0.25, 0.3) is 0 Å². The van der Waals surface area contributed by atoms with Gasteiger partial charge in [-0.05, 0) is 17.7 Å². The van der Waals surface area contributed by atoms with Gasteiger partial charge >= 0.3 is 12.3 Å². The minimum absolute atomic E-state index is 0.170. The standard InChI is InChI=1S/C11H11F3O4/c12-11(13,14)18-5-4-17-9-3-1-2-8(6-9)7-10(15)16/h1-3,6H,4-5,7H2,(H,15,16). The van der Waals surface area contributed by atoms with E-state index in [0.717, 1.165) is 0 Å². The highest BCUT2D eigenvalue weighted by atomic mass is 19.4. The van der Waals surface area contributed by atoms with Crippen LogP contribution >= 0.6 is 0 Å². The molecule has 0 heterocycles. The van der Waals surface area contributed by atoms with Gasteiger partial charge in [-0.1, -0.05) is 12.1 Å². The van der Waals surface area contributed by atoms with Gasteiger partial charge in [0.05, 0.1) is 13.0 Å². The Morgan fingerprint density at radius 3 is 2.61 bits per heavy atom. The summed E-state index contributed by atoms with van der Waals surface area (Å²) in [6, 6.07) is 6.14. The minimum Gasteiger partial charge on any atom is -0.491 e. The van der Waals surface area contributed by atoms with E-state index in [1.807, 2.05) is 0 Å². The highest BCUT2D eigenvalue weighted by Gasteiger charge is 2.28. The fourth-order valence-corrected chi connectivity index (χ4v) is 1.24. The summed E-state index contributed by atoms with van der Waals surface area (Å²) in [5, 5.41) is 8.58. The summed E-state index contributed by atoms with van der Waals surface area (Å²) in [6.07, 6.45) is -4.84. The van der Waals surface area contributed by atoms with Crippen molar-refractivity contribution in [1.82, 2.24) is 0 Å². The Bertz CT molecular complexity index is 404. The second-order valence-electron chi connectivity index (χ2n) is 3.36. The van der Waals surface area contributed by atoms with E-state index in [2.05, 4.69) is 4.74 Å². The van der Waals surface area contributed by atoms with Crippen molar-refractivity contribution in [2.45, 2.75) is 12.8 Å². The lowest BCUT2D eigenvalue weighted by Crippen LogP contribution is -2.18. The number of aliphatic carboxylic acids is 1. The van der Waals surface area contributed by atoms with Crippen LogP contribution in [0.5, 0.6) is 5.75 Å². The third kappa shape index (κ3) is 6.09. The van der Waals surface area contributed by atoms with Gasteiger partial charge in [-0.25, -0.2) is 0 Å². The molecule has 0 fully saturated rings. The average Bonchev–Trinajstić information content (AvgIpc) is 2.23. The quantitative estimate of drug-likeness (QED) is 0.800. The molecular formula is C11H11F3O4. The minimum atomic E-state index is -4.67. The molecule has 100 valence electrons. The maximum absolute atomic E-state index is 11.6. The van der Waals surface area contributed by atoms with Crippen LogP contribution in [0.3, 0.4) is 0 Å². The molecule has 7 heteroatoms. The summed E-state index contributed by atoms with van der Waals surface area (Å²) >= 11 is 0. The second kappa shape index (κ2) is 6.25. The van der Waals surface area contributed by atoms with Gasteiger partial charge in [0.15, 0.2) is 0 Å². The smallest absolute Gasteiger partial charge is 0.491 e. The van der Waals surface area contributed by atoms with E-state index in [1.54, 1.807) is 12.1 Å². The Labute approximate surface area is 101 Å². The number of hydrogen-bond acceptors (Lipinski definition) is 3. The molecule has 0 spiro atoms. The number of carboxylic acid groups (broad SMARTS) is 1. The lowest BCUT2D eigenvalue weighted by Gasteiger charge is -2.09. The van der Waals surface area contributed by atoms with Crippen LogP contribution in [0.2, 0.25) is 0 Å². The van der Waals surface area contributed by atoms with Crippen LogP contribution in [0.15, 0.2) is 24.3 Å². The Hall–Kier alpha value is -1.76. The Kier molecular flexibility index (Phi) is 4.96. The lowest BCUT2D eigenvalue weighted by molar-refractivity contribution is -0.325. The van der Waals surface area contributed by atoms with Gasteiger partial charge < -0.3 is 9.84 Å². The maximum atomic E-state index is 11.6. The average molecular weight is 264 g/mol. The number of halogens is 3. The fourth-order valence-electron chi connectivity index (χ4n) is 1.24. The van der Waals surface area contributed by atoms with Crippen molar-refractivity contribution in [2.24, 2.45) is 0 Å². The molecule has 1 aromatic carbocycles. The van der Waals surface area contributed by atoms with E-state index in [9.17, 15) is 18.0 Å². The predicted octanol–water partition coefficient (Wildman–Crippen LogP) is 2.23. The molecule has 0 saturated carbocycles. The van der Waals surface area contributed by atoms with Crippen molar-refractivity contribution < 1.29 is 32.5 Å². The highest BCUT2D eigenvalue weighted by Crippen LogP contribution is 2.17. The van der Waals surface area contributed by atoms with E-state index in [0.29, 0.717) is 11.3 Å². The normalized spacial score (nSPS) is 11.3. The number of alkyl halides is 3. The molecule has 0 aliphatic rings. The molecule has 0 bridgehead atoms. The molecule has 0 saturated heterocycles. The summed E-state index contributed by atoms with van der Waals surface area (Å²) in [5.74, 6) is -0.688. The molecule has 0 aliphatic heterocycles. The van der Waals surface area contributed by atoms with Crippen LogP contribution in [-0.4, -0.2) is 30.7 Å². The van der Waals surface area contributed by atoms with E-state index in [4.69, 9.17) is 9.84 Å². The number of benzene rings is 1. The summed E-state index contributed by atoms with van der Waals surface area (Å²) < 4.78 is 43.5. The van der Waals surface area contributed by atoms with Crippen molar-refractivity contribution in [3.05, 3.63) is 29.8 Å². The van der Waals surface area contributed by atoms with Crippen LogP contribution in [0.1, 0.15) is 5.56 Å². The molecule has 0 unspecified atom stereocenters. The third-order valence-electron chi connectivity index (χ3n) is 1.87. The summed E-state index contributed by atoms with van der Waals surface area (Å²) in [5.41, 5.74) is 0.511. The molecule has 1 N–H and O–H groups in total. The highest BCUT2D eigenvalue weighted by molar-refractivity contribution is 5.70. The zero-order valence-corrected chi connectivity index (χ0v) is 9.24. The van der Waals surface area contributed by atoms with Crippen molar-refractivity contribution in [3.8, 4) is 5.75 Å². The zero-order chi connectivity index (χ0) is 13.6. The fraction of sp³-hybridized carbons (Fsp3) is 0.364. The molecule has 1 rings (SSSR count). The molecular weight excluding hydrogens is 253 g/mol. The summed E-state index contributed by atoms with van der Waals surface area (Å²) in [7, 11) is 0. The van der Waals surface area contributed by atoms with Gasteiger partial charge in [0, 0.05) is 0 Å². The van der Waals surface area contributed by atoms with Crippen molar-refractivity contribution >= 4 is 5.97 Å². The molecule has 0 radical (unpaired) electrons. The maximum Gasteiger partial charge on any atom is 0.522 e. The molecule has 0 aromatic heterocycles. The first-order valence-electron chi connectivity index (χ1n) is 5.01. The largest absolute Gasteiger partial charge is 0.522 e. The van der Waals surface area contributed by atoms with Gasteiger partial charge in [0.25, 0.3) is 0 Å². The molecule has 18 heavy (non-hydrogen) atoms. The second-order valence-corrected chi connectivity index (χ2v) is 3.36. The van der Waals surface area contributed by atoms with E-state index < -0.39 is 18.9 Å². The van der Waals surface area contributed by atoms with Crippen LogP contribution in [0, 0.1) is 0 Å². The van der Waals surface area contributed by atoms with Gasteiger partial charge in [-0.3, -0.25) is 9.53 Å². The van der Waals surface area contributed by atoms with E-state index in [-0.39, 0.29) is 13.0 Å². The monoisotopic (exact) mass is 264 g/mol. The van der Waals surface area contributed by atoms with Crippen LogP contribution in [0.4, 0.5) is 13.2 Å².